The van der Waals surface area contributed by atoms with Crippen LogP contribution in [-0.4, -0.2) is 13.0 Å². The van der Waals surface area contributed by atoms with E-state index in [0.29, 0.717) is 16.4 Å². The molecule has 2 aromatic rings. The minimum absolute atomic E-state index is 0.0694. The minimum atomic E-state index is -4.64. The van der Waals surface area contributed by atoms with Crippen LogP contribution in [0.5, 0.6) is 0 Å². The summed E-state index contributed by atoms with van der Waals surface area (Å²) in [7, 11) is 1.69. The Morgan fingerprint density at radius 3 is 2.16 bits per heavy atom. The van der Waals surface area contributed by atoms with Gasteiger partial charge in [-0.15, -0.1) is 0 Å². The molecule has 0 amide bonds. The number of hydrogen-bond acceptors (Lipinski definition) is 2. The molecule has 0 spiro atoms. The van der Waals surface area contributed by atoms with Crippen molar-refractivity contribution in [3.63, 3.8) is 0 Å². The number of fused-ring (bicyclic) bond motifs is 1. The number of halogens is 6. The Hall–Kier alpha value is -1.47. The highest BCUT2D eigenvalue weighted by molar-refractivity contribution is 6.38. The van der Waals surface area contributed by atoms with E-state index in [1.807, 2.05) is 6.07 Å². The zero-order valence-electron chi connectivity index (χ0n) is 17.5. The standard InChI is InChI=1S/C22H24Cl3F3N3/c1-4-6-12(7-5-2)13-8-9-15(23)19-20(13)31(3,21(29)30-19)18-10-14(22(26,27)28)16(24)11-17(18)25/h8-12H,4-7H2,1-3H3,(H2,29,30)/q+1. The number of nitrogens with zero attached hydrogens (tertiary/aromatic N) is 2. The number of alkyl halides is 3. The number of hydrogen-bond donors (Lipinski definition) is 1. The number of benzene rings is 2. The zero-order valence-corrected chi connectivity index (χ0v) is 19.7. The maximum atomic E-state index is 13.6. The van der Waals surface area contributed by atoms with Crippen molar-refractivity contribution in [2.24, 2.45) is 10.7 Å². The lowest BCUT2D eigenvalue weighted by atomic mass is 9.88. The van der Waals surface area contributed by atoms with Gasteiger partial charge in [-0.2, -0.15) is 22.6 Å². The fourth-order valence-electron chi connectivity index (χ4n) is 4.30. The Morgan fingerprint density at radius 2 is 1.61 bits per heavy atom. The summed E-state index contributed by atoms with van der Waals surface area (Å²) in [6.07, 6.45) is -0.883. The first-order chi connectivity index (χ1) is 14.5. The topological polar surface area (TPSA) is 38.4 Å². The van der Waals surface area contributed by atoms with Gasteiger partial charge in [0.25, 0.3) is 0 Å². The van der Waals surface area contributed by atoms with Crippen LogP contribution in [0.1, 0.15) is 56.6 Å². The molecule has 0 saturated carbocycles. The number of aliphatic imine (C=N–C) groups is 1. The molecule has 3 nitrogen and oxygen atoms in total. The highest BCUT2D eigenvalue weighted by atomic mass is 35.5. The summed E-state index contributed by atoms with van der Waals surface area (Å²) in [4.78, 5) is 4.46. The lowest BCUT2D eigenvalue weighted by Gasteiger charge is -2.32. The van der Waals surface area contributed by atoms with Crippen molar-refractivity contribution < 1.29 is 13.2 Å². The van der Waals surface area contributed by atoms with Crippen molar-refractivity contribution in [2.45, 2.75) is 51.6 Å². The summed E-state index contributed by atoms with van der Waals surface area (Å²) < 4.78 is 40.6. The van der Waals surface area contributed by atoms with E-state index in [1.165, 1.54) is 0 Å². The zero-order chi connectivity index (χ0) is 23.1. The van der Waals surface area contributed by atoms with Crippen molar-refractivity contribution in [3.05, 3.63) is 50.5 Å². The number of nitrogens with two attached hydrogens (primary N) is 1. The lowest BCUT2D eigenvalue weighted by Crippen LogP contribution is -2.49. The van der Waals surface area contributed by atoms with Crippen LogP contribution < -0.4 is 10.2 Å². The van der Waals surface area contributed by atoms with Gasteiger partial charge in [-0.1, -0.05) is 67.6 Å². The van der Waals surface area contributed by atoms with Crippen molar-refractivity contribution >= 4 is 57.8 Å². The van der Waals surface area contributed by atoms with Gasteiger partial charge in [0.1, 0.15) is 5.02 Å². The van der Waals surface area contributed by atoms with Crippen molar-refractivity contribution in [2.75, 3.05) is 7.05 Å². The number of quaternary nitrogens is 1. The Bertz CT molecular complexity index is 1030. The molecule has 0 radical (unpaired) electrons. The SMILES string of the molecule is CCCC(CCC)c1ccc(Cl)c2c1[N+](C)(c1cc(C(F)(F)F)c(Cl)cc1Cl)C(N)=N2. The Kier molecular flexibility index (Phi) is 6.87. The van der Waals surface area contributed by atoms with Gasteiger partial charge in [-0.05, 0) is 30.9 Å². The predicted octanol–water partition coefficient (Wildman–Crippen LogP) is 8.58. The average molecular weight is 494 g/mol. The molecule has 0 fully saturated rings. The Morgan fingerprint density at radius 1 is 1.00 bits per heavy atom. The summed E-state index contributed by atoms with van der Waals surface area (Å²) in [6.45, 7) is 4.20. The molecule has 1 unspecified atom stereocenters. The first-order valence-corrected chi connectivity index (χ1v) is 11.2. The van der Waals surface area contributed by atoms with Crippen LogP contribution in [0, 0.1) is 0 Å². The second kappa shape index (κ2) is 8.81. The van der Waals surface area contributed by atoms with Crippen LogP contribution in [0.4, 0.5) is 30.2 Å². The molecule has 1 heterocycles. The minimum Gasteiger partial charge on any atom is -0.337 e. The van der Waals surface area contributed by atoms with Gasteiger partial charge in [0.15, 0.2) is 17.1 Å². The lowest BCUT2D eigenvalue weighted by molar-refractivity contribution is -0.137. The largest absolute Gasteiger partial charge is 0.418 e. The molecular formula is C22H24Cl3F3N3+. The molecule has 9 heteroatoms. The molecule has 1 aliphatic heterocycles. The predicted molar refractivity (Wildman–Crippen MR) is 124 cm³/mol. The highest BCUT2D eigenvalue weighted by Gasteiger charge is 2.48. The van der Waals surface area contributed by atoms with Crippen LogP contribution in [0.15, 0.2) is 29.3 Å². The van der Waals surface area contributed by atoms with Gasteiger partial charge in [-0.25, -0.2) is 0 Å². The molecule has 31 heavy (non-hydrogen) atoms. The maximum absolute atomic E-state index is 13.6. The van der Waals surface area contributed by atoms with Crippen LogP contribution in [0.2, 0.25) is 15.1 Å². The van der Waals surface area contributed by atoms with E-state index in [9.17, 15) is 13.2 Å². The number of rotatable bonds is 6. The van der Waals surface area contributed by atoms with E-state index >= 15 is 0 Å². The normalized spacial score (nSPS) is 18.5. The van der Waals surface area contributed by atoms with Gasteiger partial charge in [-0.3, -0.25) is 0 Å². The third-order valence-corrected chi connectivity index (χ3v) is 6.72. The van der Waals surface area contributed by atoms with Gasteiger partial charge in [0, 0.05) is 11.6 Å². The van der Waals surface area contributed by atoms with E-state index in [2.05, 4.69) is 18.8 Å². The molecular weight excluding hydrogens is 470 g/mol. The summed E-state index contributed by atoms with van der Waals surface area (Å²) in [6, 6.07) is 5.76. The molecule has 168 valence electrons. The van der Waals surface area contributed by atoms with E-state index < -0.39 is 16.8 Å². The quantitative estimate of drug-likeness (QED) is 0.402. The van der Waals surface area contributed by atoms with Crippen molar-refractivity contribution in [1.82, 2.24) is 4.48 Å². The molecule has 3 rings (SSSR count). The summed E-state index contributed by atoms with van der Waals surface area (Å²) >= 11 is 18.7. The molecule has 1 atom stereocenters. The van der Waals surface area contributed by atoms with E-state index in [-0.39, 0.29) is 27.1 Å². The molecule has 0 saturated heterocycles. The Labute approximate surface area is 195 Å². The van der Waals surface area contributed by atoms with Crippen LogP contribution in [0.3, 0.4) is 0 Å². The fourth-order valence-corrected chi connectivity index (χ4v) is 5.15. The van der Waals surface area contributed by atoms with E-state index in [0.717, 1.165) is 43.4 Å². The fraction of sp³-hybridized carbons (Fsp3) is 0.409. The van der Waals surface area contributed by atoms with Crippen molar-refractivity contribution in [1.29, 1.82) is 0 Å². The summed E-state index contributed by atoms with van der Waals surface area (Å²) in [5, 5.41) is -0.0136. The summed E-state index contributed by atoms with van der Waals surface area (Å²) in [5.41, 5.74) is 7.61. The maximum Gasteiger partial charge on any atom is 0.418 e. The highest BCUT2D eigenvalue weighted by Crippen LogP contribution is 2.55. The molecule has 2 aromatic carbocycles. The summed E-state index contributed by atoms with van der Waals surface area (Å²) in [5.74, 6) is 0.279. The molecule has 0 bridgehead atoms. The van der Waals surface area contributed by atoms with E-state index in [1.54, 1.807) is 13.1 Å². The van der Waals surface area contributed by atoms with Crippen molar-refractivity contribution in [3.8, 4) is 0 Å². The smallest absolute Gasteiger partial charge is 0.337 e. The van der Waals surface area contributed by atoms with Gasteiger partial charge in [0.2, 0.25) is 0 Å². The molecule has 2 N–H and O–H groups in total. The third-order valence-electron chi connectivity index (χ3n) is 5.80. The molecule has 0 aromatic heterocycles. The third kappa shape index (κ3) is 4.15. The first-order valence-electron chi connectivity index (χ1n) is 10.1. The van der Waals surface area contributed by atoms with Gasteiger partial charge in [0.05, 0.1) is 22.7 Å². The van der Waals surface area contributed by atoms with Gasteiger partial charge >= 0.3 is 12.1 Å². The molecule has 1 aliphatic rings. The van der Waals surface area contributed by atoms with Crippen LogP contribution in [-0.2, 0) is 6.18 Å². The van der Waals surface area contributed by atoms with Gasteiger partial charge < -0.3 is 5.73 Å². The van der Waals surface area contributed by atoms with Crippen LogP contribution >= 0.6 is 34.8 Å². The number of guanidine groups is 1. The first kappa shape index (κ1) is 24.2. The Balaban J connectivity index is 2.34. The van der Waals surface area contributed by atoms with Crippen LogP contribution in [0.25, 0.3) is 0 Å². The second-order valence-corrected chi connectivity index (χ2v) is 9.09. The second-order valence-electron chi connectivity index (χ2n) is 7.87. The monoisotopic (exact) mass is 492 g/mol. The van der Waals surface area contributed by atoms with E-state index in [4.69, 9.17) is 40.5 Å². The average Bonchev–Trinajstić information content (AvgIpc) is 2.94. The molecule has 0 aliphatic carbocycles.